The molecule has 0 atom stereocenters. The summed E-state index contributed by atoms with van der Waals surface area (Å²) in [5.41, 5.74) is 1.70. The average molecular weight is 238 g/mol. The summed E-state index contributed by atoms with van der Waals surface area (Å²) in [6, 6.07) is 2.22. The highest BCUT2D eigenvalue weighted by molar-refractivity contribution is 7.10. The van der Waals surface area contributed by atoms with Crippen molar-refractivity contribution in [1.82, 2.24) is 10.2 Å². The third-order valence-corrected chi connectivity index (χ3v) is 4.22. The van der Waals surface area contributed by atoms with E-state index in [1.807, 2.05) is 11.3 Å². The zero-order valence-corrected chi connectivity index (χ0v) is 11.4. The first-order chi connectivity index (χ1) is 7.57. The van der Waals surface area contributed by atoms with Gasteiger partial charge in [-0.25, -0.2) is 0 Å². The van der Waals surface area contributed by atoms with Crippen LogP contribution in [-0.2, 0) is 6.54 Å². The topological polar surface area (TPSA) is 15.3 Å². The van der Waals surface area contributed by atoms with Crippen molar-refractivity contribution >= 4 is 11.3 Å². The average Bonchev–Trinajstić information content (AvgIpc) is 2.49. The lowest BCUT2D eigenvalue weighted by atomic mass is 10.1. The molecular formula is C13H22N2S. The van der Waals surface area contributed by atoms with Crippen molar-refractivity contribution in [1.29, 1.82) is 0 Å². The third-order valence-electron chi connectivity index (χ3n) is 3.21. The maximum absolute atomic E-state index is 3.61. The molecule has 0 unspecified atom stereocenters. The molecule has 0 radical (unpaired) electrons. The molecule has 1 aliphatic heterocycles. The maximum Gasteiger partial charge on any atom is 0.0331 e. The molecule has 2 rings (SSSR count). The number of hydrogen-bond acceptors (Lipinski definition) is 3. The van der Waals surface area contributed by atoms with E-state index < -0.39 is 0 Å². The van der Waals surface area contributed by atoms with Gasteiger partial charge < -0.3 is 5.32 Å². The van der Waals surface area contributed by atoms with Gasteiger partial charge in [-0.2, -0.15) is 0 Å². The van der Waals surface area contributed by atoms with E-state index in [-0.39, 0.29) is 5.54 Å². The zero-order chi connectivity index (χ0) is 11.6. The van der Waals surface area contributed by atoms with E-state index in [1.54, 1.807) is 0 Å². The molecule has 1 saturated heterocycles. The normalized spacial score (nSPS) is 21.9. The predicted molar refractivity (Wildman–Crippen MR) is 71.0 cm³/mol. The van der Waals surface area contributed by atoms with E-state index in [2.05, 4.69) is 42.4 Å². The molecular weight excluding hydrogens is 216 g/mol. The Morgan fingerprint density at radius 3 is 3.00 bits per heavy atom. The number of hydrogen-bond donors (Lipinski definition) is 1. The van der Waals surface area contributed by atoms with Gasteiger partial charge in [0.25, 0.3) is 0 Å². The quantitative estimate of drug-likeness (QED) is 0.852. The Bertz CT molecular complexity index is 343. The first-order valence-electron chi connectivity index (χ1n) is 6.07. The lowest BCUT2D eigenvalue weighted by Gasteiger charge is -2.29. The van der Waals surface area contributed by atoms with Crippen LogP contribution < -0.4 is 5.32 Å². The van der Waals surface area contributed by atoms with Gasteiger partial charge in [-0.3, -0.25) is 4.90 Å². The van der Waals surface area contributed by atoms with Crippen molar-refractivity contribution in [2.75, 3.05) is 19.6 Å². The van der Waals surface area contributed by atoms with Crippen molar-refractivity contribution in [3.05, 3.63) is 21.9 Å². The van der Waals surface area contributed by atoms with Gasteiger partial charge in [-0.1, -0.05) is 0 Å². The lowest BCUT2D eigenvalue weighted by molar-refractivity contribution is 0.225. The Morgan fingerprint density at radius 2 is 2.31 bits per heavy atom. The molecule has 0 spiro atoms. The smallest absolute Gasteiger partial charge is 0.0331 e. The number of rotatable bonds is 2. The molecule has 3 heteroatoms. The third kappa shape index (κ3) is 3.06. The SMILES string of the molecule is Cc1ccsc1CN1CCCNC(C)(C)C1. The molecule has 0 aromatic carbocycles. The molecule has 0 aliphatic carbocycles. The molecule has 90 valence electrons. The number of nitrogens with zero attached hydrogens (tertiary/aromatic N) is 1. The van der Waals surface area contributed by atoms with E-state index in [0.29, 0.717) is 0 Å². The number of thiophene rings is 1. The van der Waals surface area contributed by atoms with Crippen LogP contribution in [-0.4, -0.2) is 30.1 Å². The standard InChI is InChI=1S/C13H22N2S/c1-11-5-8-16-12(11)9-15-7-4-6-14-13(2,3)10-15/h5,8,14H,4,6-7,9-10H2,1-3H3. The molecule has 0 bridgehead atoms. The fourth-order valence-corrected chi connectivity index (χ4v) is 3.28. The molecule has 1 fully saturated rings. The summed E-state index contributed by atoms with van der Waals surface area (Å²) in [7, 11) is 0. The van der Waals surface area contributed by atoms with Crippen LogP contribution in [0.15, 0.2) is 11.4 Å². The minimum Gasteiger partial charge on any atom is -0.310 e. The van der Waals surface area contributed by atoms with Gasteiger partial charge in [0, 0.05) is 23.5 Å². The molecule has 2 heterocycles. The van der Waals surface area contributed by atoms with Crippen LogP contribution in [0.1, 0.15) is 30.7 Å². The Hall–Kier alpha value is -0.380. The second-order valence-corrected chi connectivity index (χ2v) is 6.40. The van der Waals surface area contributed by atoms with Gasteiger partial charge in [-0.15, -0.1) is 11.3 Å². The first-order valence-corrected chi connectivity index (χ1v) is 6.95. The number of nitrogens with one attached hydrogen (secondary N) is 1. The summed E-state index contributed by atoms with van der Waals surface area (Å²) in [5.74, 6) is 0. The molecule has 0 amide bonds. The molecule has 1 N–H and O–H groups in total. The lowest BCUT2D eigenvalue weighted by Crippen LogP contribution is -2.46. The van der Waals surface area contributed by atoms with Gasteiger partial charge in [0.2, 0.25) is 0 Å². The van der Waals surface area contributed by atoms with Gasteiger partial charge in [0.1, 0.15) is 0 Å². The van der Waals surface area contributed by atoms with Crippen molar-refractivity contribution in [3.8, 4) is 0 Å². The van der Waals surface area contributed by atoms with E-state index in [0.717, 1.165) is 19.6 Å². The molecule has 1 aromatic heterocycles. The van der Waals surface area contributed by atoms with Crippen molar-refractivity contribution in [2.24, 2.45) is 0 Å². The Labute approximate surface area is 103 Å². The van der Waals surface area contributed by atoms with E-state index in [9.17, 15) is 0 Å². The largest absolute Gasteiger partial charge is 0.310 e. The highest BCUT2D eigenvalue weighted by atomic mass is 32.1. The van der Waals surface area contributed by atoms with Gasteiger partial charge in [-0.05, 0) is 57.3 Å². The fraction of sp³-hybridized carbons (Fsp3) is 0.692. The second-order valence-electron chi connectivity index (χ2n) is 5.40. The highest BCUT2D eigenvalue weighted by Crippen LogP contribution is 2.20. The van der Waals surface area contributed by atoms with Gasteiger partial charge >= 0.3 is 0 Å². The summed E-state index contributed by atoms with van der Waals surface area (Å²) in [6.45, 7) is 11.4. The van der Waals surface area contributed by atoms with Crippen LogP contribution in [0, 0.1) is 6.92 Å². The maximum atomic E-state index is 3.61. The monoisotopic (exact) mass is 238 g/mol. The van der Waals surface area contributed by atoms with Crippen molar-refractivity contribution < 1.29 is 0 Å². The van der Waals surface area contributed by atoms with Gasteiger partial charge in [0.15, 0.2) is 0 Å². The summed E-state index contributed by atoms with van der Waals surface area (Å²) >= 11 is 1.89. The van der Waals surface area contributed by atoms with E-state index in [1.165, 1.54) is 23.4 Å². The molecule has 0 saturated carbocycles. The van der Waals surface area contributed by atoms with Crippen LogP contribution in [0.25, 0.3) is 0 Å². The van der Waals surface area contributed by atoms with Crippen LogP contribution in [0.4, 0.5) is 0 Å². The molecule has 1 aliphatic rings. The van der Waals surface area contributed by atoms with Crippen LogP contribution >= 0.6 is 11.3 Å². The summed E-state index contributed by atoms with van der Waals surface area (Å²) in [6.07, 6.45) is 1.26. The summed E-state index contributed by atoms with van der Waals surface area (Å²) < 4.78 is 0. The Kier molecular flexibility index (Phi) is 3.67. The Morgan fingerprint density at radius 1 is 1.50 bits per heavy atom. The zero-order valence-electron chi connectivity index (χ0n) is 10.5. The van der Waals surface area contributed by atoms with Gasteiger partial charge in [0.05, 0.1) is 0 Å². The van der Waals surface area contributed by atoms with Crippen molar-refractivity contribution in [2.45, 2.75) is 39.3 Å². The summed E-state index contributed by atoms with van der Waals surface area (Å²) in [5, 5.41) is 5.81. The predicted octanol–water partition coefficient (Wildman–Crippen LogP) is 2.63. The second kappa shape index (κ2) is 4.86. The number of aryl methyl sites for hydroxylation is 1. The minimum atomic E-state index is 0.252. The van der Waals surface area contributed by atoms with E-state index in [4.69, 9.17) is 0 Å². The van der Waals surface area contributed by atoms with Crippen LogP contribution in [0.5, 0.6) is 0 Å². The fourth-order valence-electron chi connectivity index (χ4n) is 2.33. The van der Waals surface area contributed by atoms with Crippen LogP contribution in [0.3, 0.4) is 0 Å². The minimum absolute atomic E-state index is 0.252. The molecule has 2 nitrogen and oxygen atoms in total. The first kappa shape index (κ1) is 12.1. The summed E-state index contributed by atoms with van der Waals surface area (Å²) in [4.78, 5) is 4.11. The van der Waals surface area contributed by atoms with E-state index >= 15 is 0 Å². The molecule has 1 aromatic rings. The van der Waals surface area contributed by atoms with Crippen molar-refractivity contribution in [3.63, 3.8) is 0 Å². The van der Waals surface area contributed by atoms with Crippen LogP contribution in [0.2, 0.25) is 0 Å². The highest BCUT2D eigenvalue weighted by Gasteiger charge is 2.24. The molecule has 16 heavy (non-hydrogen) atoms. The Balaban J connectivity index is 2.01.